The molecule has 7 heteroatoms. The minimum absolute atomic E-state index is 0.0250. The van der Waals surface area contributed by atoms with E-state index < -0.39 is 10.0 Å². The molecule has 1 N–H and O–H groups in total. The van der Waals surface area contributed by atoms with Crippen LogP contribution < -0.4 is 4.72 Å². The maximum absolute atomic E-state index is 12.5. The van der Waals surface area contributed by atoms with Gasteiger partial charge >= 0.3 is 0 Å². The third kappa shape index (κ3) is 3.88. The van der Waals surface area contributed by atoms with Crippen LogP contribution in [0.4, 0.5) is 5.69 Å². The van der Waals surface area contributed by atoms with E-state index in [1.807, 2.05) is 12.1 Å². The zero-order valence-corrected chi connectivity index (χ0v) is 15.2. The predicted octanol–water partition coefficient (Wildman–Crippen LogP) is 3.37. The summed E-state index contributed by atoms with van der Waals surface area (Å²) in [5, 5.41) is 0. The van der Waals surface area contributed by atoms with Crippen LogP contribution in [-0.4, -0.2) is 23.0 Å². The van der Waals surface area contributed by atoms with Gasteiger partial charge in [-0.15, -0.1) is 0 Å². The third-order valence-corrected chi connectivity index (χ3v) is 5.20. The Hall–Kier alpha value is -2.67. The number of benzene rings is 1. The Balaban J connectivity index is 1.79. The molecular formula is C18H20N4O2S. The Labute approximate surface area is 147 Å². The van der Waals surface area contributed by atoms with Crippen LogP contribution in [0.3, 0.4) is 0 Å². The molecule has 3 rings (SSSR count). The van der Waals surface area contributed by atoms with Crippen molar-refractivity contribution < 1.29 is 8.42 Å². The average molecular weight is 356 g/mol. The lowest BCUT2D eigenvalue weighted by molar-refractivity contribution is 0.587. The number of imidazole rings is 1. The van der Waals surface area contributed by atoms with Crippen LogP contribution in [0.2, 0.25) is 0 Å². The SMILES string of the molecule is CC(C)(C)c1ccc(S(=O)(=O)Nc2ccc(-n3ccnc3)nc2)cc1. The van der Waals surface area contributed by atoms with E-state index in [2.05, 4.69) is 35.5 Å². The van der Waals surface area contributed by atoms with Gasteiger partial charge in [-0.2, -0.15) is 0 Å². The summed E-state index contributed by atoms with van der Waals surface area (Å²) in [4.78, 5) is 8.42. The topological polar surface area (TPSA) is 76.9 Å². The molecule has 0 unspecified atom stereocenters. The number of pyridine rings is 1. The molecule has 0 aliphatic heterocycles. The second kappa shape index (κ2) is 6.33. The molecule has 0 aliphatic rings. The van der Waals surface area contributed by atoms with Gasteiger partial charge in [0.2, 0.25) is 0 Å². The molecule has 3 aromatic rings. The summed E-state index contributed by atoms with van der Waals surface area (Å²) in [7, 11) is -3.65. The van der Waals surface area contributed by atoms with Gasteiger partial charge in [-0.3, -0.25) is 9.29 Å². The van der Waals surface area contributed by atoms with E-state index in [-0.39, 0.29) is 10.3 Å². The summed E-state index contributed by atoms with van der Waals surface area (Å²) >= 11 is 0. The minimum Gasteiger partial charge on any atom is -0.291 e. The highest BCUT2D eigenvalue weighted by Gasteiger charge is 2.17. The van der Waals surface area contributed by atoms with E-state index in [0.717, 1.165) is 5.56 Å². The molecular weight excluding hydrogens is 336 g/mol. The molecule has 130 valence electrons. The molecule has 0 aliphatic carbocycles. The molecule has 0 saturated carbocycles. The van der Waals surface area contributed by atoms with Gasteiger partial charge in [-0.25, -0.2) is 18.4 Å². The van der Waals surface area contributed by atoms with E-state index >= 15 is 0 Å². The first-order valence-electron chi connectivity index (χ1n) is 7.83. The van der Waals surface area contributed by atoms with Crippen molar-refractivity contribution in [2.45, 2.75) is 31.1 Å². The summed E-state index contributed by atoms with van der Waals surface area (Å²) in [5.74, 6) is 0.662. The third-order valence-electron chi connectivity index (χ3n) is 3.80. The number of rotatable bonds is 4. The largest absolute Gasteiger partial charge is 0.291 e. The first-order valence-corrected chi connectivity index (χ1v) is 9.32. The summed E-state index contributed by atoms with van der Waals surface area (Å²) in [5.41, 5.74) is 1.46. The zero-order valence-electron chi connectivity index (χ0n) is 14.3. The van der Waals surface area contributed by atoms with E-state index in [4.69, 9.17) is 0 Å². The van der Waals surface area contributed by atoms with Crippen LogP contribution >= 0.6 is 0 Å². The molecule has 1 aromatic carbocycles. The van der Waals surface area contributed by atoms with Crippen LogP contribution in [0.25, 0.3) is 5.82 Å². The van der Waals surface area contributed by atoms with Crippen molar-refractivity contribution in [3.63, 3.8) is 0 Å². The van der Waals surface area contributed by atoms with E-state index in [1.54, 1.807) is 47.6 Å². The lowest BCUT2D eigenvalue weighted by Crippen LogP contribution is -2.15. The smallest absolute Gasteiger partial charge is 0.261 e. The highest BCUT2D eigenvalue weighted by Crippen LogP contribution is 2.24. The molecule has 0 fully saturated rings. The molecule has 0 radical (unpaired) electrons. The molecule has 25 heavy (non-hydrogen) atoms. The van der Waals surface area contributed by atoms with E-state index in [0.29, 0.717) is 11.5 Å². The number of sulfonamides is 1. The maximum atomic E-state index is 12.5. The summed E-state index contributed by atoms with van der Waals surface area (Å²) in [6.45, 7) is 6.26. The number of nitrogens with zero attached hydrogens (tertiary/aromatic N) is 3. The Morgan fingerprint density at radius 3 is 2.28 bits per heavy atom. The molecule has 0 atom stereocenters. The molecule has 0 saturated heterocycles. The van der Waals surface area contributed by atoms with Crippen molar-refractivity contribution in [2.75, 3.05) is 4.72 Å². The minimum atomic E-state index is -3.65. The van der Waals surface area contributed by atoms with Gasteiger partial charge in [0.1, 0.15) is 12.1 Å². The van der Waals surface area contributed by atoms with Gasteiger partial charge in [0.15, 0.2) is 0 Å². The molecule has 0 amide bonds. The highest BCUT2D eigenvalue weighted by atomic mass is 32.2. The lowest BCUT2D eigenvalue weighted by Gasteiger charge is -2.19. The second-order valence-electron chi connectivity index (χ2n) is 6.75. The fourth-order valence-corrected chi connectivity index (χ4v) is 3.39. The van der Waals surface area contributed by atoms with Crippen LogP contribution in [0, 0.1) is 0 Å². The van der Waals surface area contributed by atoms with Crippen LogP contribution in [0.5, 0.6) is 0 Å². The van der Waals surface area contributed by atoms with Crippen molar-refractivity contribution in [1.82, 2.24) is 14.5 Å². The van der Waals surface area contributed by atoms with Gasteiger partial charge in [0.25, 0.3) is 10.0 Å². The number of anilines is 1. The van der Waals surface area contributed by atoms with Gasteiger partial charge < -0.3 is 0 Å². The van der Waals surface area contributed by atoms with Crippen molar-refractivity contribution in [1.29, 1.82) is 0 Å². The average Bonchev–Trinajstić information content (AvgIpc) is 3.09. The van der Waals surface area contributed by atoms with Crippen molar-refractivity contribution in [2.24, 2.45) is 0 Å². The lowest BCUT2D eigenvalue weighted by atomic mass is 9.87. The Bertz CT molecular complexity index is 940. The van der Waals surface area contributed by atoms with Crippen molar-refractivity contribution >= 4 is 15.7 Å². The summed E-state index contributed by atoms with van der Waals surface area (Å²) in [6.07, 6.45) is 6.53. The monoisotopic (exact) mass is 356 g/mol. The van der Waals surface area contributed by atoms with Gasteiger partial charge in [-0.1, -0.05) is 32.9 Å². The first kappa shape index (κ1) is 17.2. The van der Waals surface area contributed by atoms with Gasteiger partial charge in [0.05, 0.1) is 16.8 Å². The molecule has 2 aromatic heterocycles. The number of nitrogens with one attached hydrogen (secondary N) is 1. The maximum Gasteiger partial charge on any atom is 0.261 e. The summed E-state index contributed by atoms with van der Waals surface area (Å²) < 4.78 is 29.3. The molecule has 0 bridgehead atoms. The fraction of sp³-hybridized carbons (Fsp3) is 0.222. The van der Waals surface area contributed by atoms with Crippen LogP contribution in [-0.2, 0) is 15.4 Å². The molecule has 2 heterocycles. The standard InChI is InChI=1S/C18H20N4O2S/c1-18(2,3)14-4-7-16(8-5-14)25(23,24)21-15-6-9-17(20-12-15)22-11-10-19-13-22/h4-13,21H,1-3H3. The zero-order chi connectivity index (χ0) is 18.1. The summed E-state index contributed by atoms with van der Waals surface area (Å²) in [6, 6.07) is 10.3. The van der Waals surface area contributed by atoms with E-state index in [9.17, 15) is 8.42 Å². The quantitative estimate of drug-likeness (QED) is 0.777. The van der Waals surface area contributed by atoms with Crippen LogP contribution in [0.1, 0.15) is 26.3 Å². The molecule has 0 spiro atoms. The normalized spacial score (nSPS) is 12.1. The second-order valence-corrected chi connectivity index (χ2v) is 8.44. The van der Waals surface area contributed by atoms with Crippen molar-refractivity contribution in [3.05, 3.63) is 66.9 Å². The Morgan fingerprint density at radius 1 is 1.04 bits per heavy atom. The van der Waals surface area contributed by atoms with Gasteiger partial charge in [-0.05, 0) is 35.2 Å². The number of hydrogen-bond donors (Lipinski definition) is 1. The van der Waals surface area contributed by atoms with Gasteiger partial charge in [0, 0.05) is 12.4 Å². The number of aromatic nitrogens is 3. The highest BCUT2D eigenvalue weighted by molar-refractivity contribution is 7.92. The Kier molecular flexibility index (Phi) is 4.34. The van der Waals surface area contributed by atoms with Crippen LogP contribution in [0.15, 0.2) is 66.2 Å². The number of hydrogen-bond acceptors (Lipinski definition) is 4. The Morgan fingerprint density at radius 2 is 1.76 bits per heavy atom. The predicted molar refractivity (Wildman–Crippen MR) is 97.3 cm³/mol. The first-order chi connectivity index (χ1) is 11.8. The molecule has 6 nitrogen and oxygen atoms in total. The fourth-order valence-electron chi connectivity index (χ4n) is 2.34. The van der Waals surface area contributed by atoms with E-state index in [1.165, 1.54) is 6.20 Å². The van der Waals surface area contributed by atoms with Crippen molar-refractivity contribution in [3.8, 4) is 5.82 Å².